The van der Waals surface area contributed by atoms with Crippen LogP contribution in [0.25, 0.3) is 0 Å². The molecular formula is C14H9Cl3IO. The average Bonchev–Trinajstić information content (AvgIpc) is 2.43. The van der Waals surface area contributed by atoms with E-state index in [0.29, 0.717) is 32.8 Å². The van der Waals surface area contributed by atoms with E-state index in [0.717, 1.165) is 11.1 Å². The number of benzene rings is 2. The molecule has 1 radical (unpaired) electrons. The Morgan fingerprint density at radius 1 is 1.00 bits per heavy atom. The lowest BCUT2D eigenvalue weighted by Gasteiger charge is -2.15. The van der Waals surface area contributed by atoms with Crippen molar-refractivity contribution in [3.8, 4) is 5.75 Å². The van der Waals surface area contributed by atoms with E-state index in [1.165, 1.54) is 0 Å². The van der Waals surface area contributed by atoms with Crippen LogP contribution >= 0.6 is 57.8 Å². The van der Waals surface area contributed by atoms with Crippen LogP contribution in [0.5, 0.6) is 5.75 Å². The third-order valence-electron chi connectivity index (χ3n) is 2.79. The molecule has 0 aromatic heterocycles. The maximum Gasteiger partial charge on any atom is 0.192 e. The predicted molar refractivity (Wildman–Crippen MR) is 89.8 cm³/mol. The van der Waals surface area contributed by atoms with Crippen molar-refractivity contribution >= 4 is 57.8 Å². The van der Waals surface area contributed by atoms with Gasteiger partial charge in [-0.05, 0) is 24.5 Å². The van der Waals surface area contributed by atoms with E-state index in [1.54, 1.807) is 23.0 Å². The quantitative estimate of drug-likeness (QED) is 0.423. The largest absolute Gasteiger partial charge is 0.426 e. The Hall–Kier alpha value is -0.160. The number of halogens is 4. The molecule has 99 valence electrons. The van der Waals surface area contributed by atoms with E-state index in [2.05, 4.69) is 6.92 Å². The molecule has 2 aromatic carbocycles. The molecule has 0 saturated carbocycles. The van der Waals surface area contributed by atoms with Crippen LogP contribution in [0.1, 0.15) is 16.7 Å². The summed E-state index contributed by atoms with van der Waals surface area (Å²) in [6, 6.07) is 9.94. The second-order valence-corrected chi connectivity index (χ2v) is 5.54. The first-order chi connectivity index (χ1) is 9.06. The van der Waals surface area contributed by atoms with Gasteiger partial charge in [0.15, 0.2) is 28.8 Å². The van der Waals surface area contributed by atoms with Gasteiger partial charge in [0.2, 0.25) is 0 Å². The van der Waals surface area contributed by atoms with Crippen LogP contribution in [0, 0.1) is 6.92 Å². The van der Waals surface area contributed by atoms with E-state index in [4.69, 9.17) is 37.9 Å². The molecule has 0 aliphatic carbocycles. The summed E-state index contributed by atoms with van der Waals surface area (Å²) >= 11 is 20.2. The summed E-state index contributed by atoms with van der Waals surface area (Å²) in [5, 5.41) is 1.02. The monoisotopic (exact) mass is 425 g/mol. The molecule has 1 nitrogen and oxygen atoms in total. The maximum atomic E-state index is 6.27. The molecule has 0 amide bonds. The summed E-state index contributed by atoms with van der Waals surface area (Å²) in [7, 11) is 0. The standard InChI is InChI=1S/C14H9Cl3IO/c1-8-10(7-9-5-3-2-4-6-9)11(15)12(16)13(17)14(8)19-18/h2-6H,1,7H2. The fourth-order valence-electron chi connectivity index (χ4n) is 1.80. The third-order valence-corrected chi connectivity index (χ3v) is 4.58. The highest BCUT2D eigenvalue weighted by molar-refractivity contribution is 14.1. The van der Waals surface area contributed by atoms with Gasteiger partial charge in [0.1, 0.15) is 5.02 Å². The molecule has 0 N–H and O–H groups in total. The molecule has 19 heavy (non-hydrogen) atoms. The number of rotatable bonds is 3. The van der Waals surface area contributed by atoms with E-state index >= 15 is 0 Å². The minimum atomic E-state index is 0.294. The normalized spacial score (nSPS) is 10.6. The summed E-state index contributed by atoms with van der Waals surface area (Å²) in [6.45, 7) is 3.99. The van der Waals surface area contributed by atoms with Gasteiger partial charge in [0.05, 0.1) is 10.0 Å². The SMILES string of the molecule is [CH2]c1c(Cc2ccccc2)c(Cl)c(Cl)c(Cl)c1OI. The van der Waals surface area contributed by atoms with Crippen molar-refractivity contribution < 1.29 is 3.07 Å². The van der Waals surface area contributed by atoms with E-state index in [1.807, 2.05) is 30.3 Å². The van der Waals surface area contributed by atoms with E-state index in [-0.39, 0.29) is 0 Å². The molecule has 0 saturated heterocycles. The first-order valence-corrected chi connectivity index (χ1v) is 7.41. The Bertz CT molecular complexity index is 600. The van der Waals surface area contributed by atoms with Gasteiger partial charge in [-0.25, -0.2) is 0 Å². The first-order valence-electron chi connectivity index (χ1n) is 5.40. The van der Waals surface area contributed by atoms with Crippen LogP contribution < -0.4 is 3.07 Å². The number of hydrogen-bond acceptors (Lipinski definition) is 1. The van der Waals surface area contributed by atoms with E-state index < -0.39 is 0 Å². The second-order valence-electron chi connectivity index (χ2n) is 3.97. The van der Waals surface area contributed by atoms with Crippen LogP contribution in [0.4, 0.5) is 0 Å². The Morgan fingerprint density at radius 2 is 1.63 bits per heavy atom. The maximum absolute atomic E-state index is 6.27. The van der Waals surface area contributed by atoms with Crippen molar-refractivity contribution in [2.75, 3.05) is 0 Å². The Labute approximate surface area is 141 Å². The molecule has 0 unspecified atom stereocenters. The van der Waals surface area contributed by atoms with Crippen molar-refractivity contribution in [3.05, 3.63) is 69.0 Å². The summed E-state index contributed by atoms with van der Waals surface area (Å²) in [5.74, 6) is 0.461. The fraction of sp³-hybridized carbons (Fsp3) is 0.0714. The van der Waals surface area contributed by atoms with Crippen LogP contribution in [0.2, 0.25) is 15.1 Å². The Morgan fingerprint density at radius 3 is 2.21 bits per heavy atom. The fourth-order valence-corrected chi connectivity index (χ4v) is 3.18. The topological polar surface area (TPSA) is 9.23 Å². The molecule has 0 bridgehead atoms. The summed E-state index contributed by atoms with van der Waals surface area (Å²) in [6.07, 6.45) is 0.627. The highest BCUT2D eigenvalue weighted by Gasteiger charge is 2.20. The smallest absolute Gasteiger partial charge is 0.192 e. The molecule has 0 aliphatic heterocycles. The highest BCUT2D eigenvalue weighted by Crippen LogP contribution is 2.44. The van der Waals surface area contributed by atoms with E-state index in [9.17, 15) is 0 Å². The van der Waals surface area contributed by atoms with Crippen molar-refractivity contribution in [1.29, 1.82) is 0 Å². The zero-order valence-corrected chi connectivity index (χ0v) is 14.1. The van der Waals surface area contributed by atoms with Crippen LogP contribution in [0.15, 0.2) is 30.3 Å². The lowest BCUT2D eigenvalue weighted by atomic mass is 10.00. The molecule has 0 fully saturated rings. The Balaban J connectivity index is 2.54. The van der Waals surface area contributed by atoms with Crippen LogP contribution in [-0.2, 0) is 6.42 Å². The van der Waals surface area contributed by atoms with Gasteiger partial charge < -0.3 is 3.07 Å². The molecule has 0 atom stereocenters. The van der Waals surface area contributed by atoms with Crippen molar-refractivity contribution in [3.63, 3.8) is 0 Å². The first kappa shape index (κ1) is 15.2. The summed E-state index contributed by atoms with van der Waals surface area (Å²) in [4.78, 5) is 0. The van der Waals surface area contributed by atoms with Crippen molar-refractivity contribution in [2.45, 2.75) is 6.42 Å². The minimum Gasteiger partial charge on any atom is -0.426 e. The molecule has 2 aromatic rings. The van der Waals surface area contributed by atoms with Gasteiger partial charge in [-0.3, -0.25) is 0 Å². The van der Waals surface area contributed by atoms with Gasteiger partial charge in [-0.2, -0.15) is 0 Å². The van der Waals surface area contributed by atoms with Crippen molar-refractivity contribution in [2.24, 2.45) is 0 Å². The zero-order valence-electron chi connectivity index (χ0n) is 9.72. The molecule has 2 rings (SSSR count). The summed E-state index contributed by atoms with van der Waals surface area (Å²) < 4.78 is 5.22. The minimum absolute atomic E-state index is 0.294. The van der Waals surface area contributed by atoms with Gasteiger partial charge in [-0.15, -0.1) is 0 Å². The predicted octanol–water partition coefficient (Wildman–Crippen LogP) is 6.15. The van der Waals surface area contributed by atoms with Gasteiger partial charge in [-0.1, -0.05) is 65.1 Å². The van der Waals surface area contributed by atoms with Crippen LogP contribution in [0.3, 0.4) is 0 Å². The van der Waals surface area contributed by atoms with Gasteiger partial charge in [0.25, 0.3) is 0 Å². The van der Waals surface area contributed by atoms with Crippen LogP contribution in [-0.4, -0.2) is 0 Å². The second kappa shape index (κ2) is 6.53. The van der Waals surface area contributed by atoms with Crippen molar-refractivity contribution in [1.82, 2.24) is 0 Å². The Kier molecular flexibility index (Phi) is 5.23. The molecular weight excluding hydrogens is 417 g/mol. The molecule has 0 heterocycles. The summed E-state index contributed by atoms with van der Waals surface area (Å²) in [5.41, 5.74) is 2.61. The zero-order chi connectivity index (χ0) is 14.0. The van der Waals surface area contributed by atoms with Gasteiger partial charge in [0, 0.05) is 5.56 Å². The number of hydrogen-bond donors (Lipinski definition) is 0. The van der Waals surface area contributed by atoms with Gasteiger partial charge >= 0.3 is 0 Å². The lowest BCUT2D eigenvalue weighted by molar-refractivity contribution is 0.711. The third kappa shape index (κ3) is 3.13. The average molecular weight is 426 g/mol. The molecule has 0 aliphatic rings. The molecule has 5 heteroatoms. The lowest BCUT2D eigenvalue weighted by Crippen LogP contribution is -1.97. The highest BCUT2D eigenvalue weighted by atomic mass is 127. The molecule has 0 spiro atoms.